The molecule has 0 saturated heterocycles. The lowest BCUT2D eigenvalue weighted by molar-refractivity contribution is 0.416. The predicted octanol–water partition coefficient (Wildman–Crippen LogP) is 5.51. The Hall–Kier alpha value is -3.71. The summed E-state index contributed by atoms with van der Waals surface area (Å²) in [6, 6.07) is 24.2. The molecule has 32 heavy (non-hydrogen) atoms. The molecular formula is C25H23N5OS. The van der Waals surface area contributed by atoms with Crippen LogP contribution >= 0.6 is 12.2 Å². The summed E-state index contributed by atoms with van der Waals surface area (Å²) >= 11 is 5.88. The fraction of sp³-hybridized carbons (Fsp3) is 0.160. The Balaban J connectivity index is 1.57. The molecule has 0 aliphatic rings. The molecule has 0 aliphatic heterocycles. The SMILES string of the molecule is COc1ccccc1-c1nn(CCc2nc3ccccc3[nH]2)c(=S)n1-c1ccc(C)cc1. The van der Waals surface area contributed by atoms with Crippen molar-refractivity contribution in [3.8, 4) is 22.8 Å². The van der Waals surface area contributed by atoms with Crippen LogP contribution in [0, 0.1) is 11.7 Å². The first-order valence-corrected chi connectivity index (χ1v) is 10.9. The lowest BCUT2D eigenvalue weighted by Gasteiger charge is -2.10. The van der Waals surface area contributed by atoms with E-state index in [0.29, 0.717) is 17.7 Å². The Morgan fingerprint density at radius 3 is 2.50 bits per heavy atom. The van der Waals surface area contributed by atoms with E-state index in [4.69, 9.17) is 22.1 Å². The molecular weight excluding hydrogens is 418 g/mol. The van der Waals surface area contributed by atoms with Crippen LogP contribution in [0.3, 0.4) is 0 Å². The van der Waals surface area contributed by atoms with Gasteiger partial charge in [-0.2, -0.15) is 5.10 Å². The van der Waals surface area contributed by atoms with Crippen molar-refractivity contribution in [2.75, 3.05) is 7.11 Å². The van der Waals surface area contributed by atoms with E-state index in [1.54, 1.807) is 7.11 Å². The molecule has 0 radical (unpaired) electrons. The highest BCUT2D eigenvalue weighted by Crippen LogP contribution is 2.30. The van der Waals surface area contributed by atoms with E-state index in [9.17, 15) is 0 Å². The van der Waals surface area contributed by atoms with Crippen molar-refractivity contribution in [3.63, 3.8) is 0 Å². The molecule has 5 aromatic rings. The number of rotatable bonds is 6. The minimum absolute atomic E-state index is 0.611. The molecule has 1 N–H and O–H groups in total. The number of nitrogens with zero attached hydrogens (tertiary/aromatic N) is 4. The van der Waals surface area contributed by atoms with Crippen LogP contribution in [0.15, 0.2) is 72.8 Å². The normalized spacial score (nSPS) is 11.2. The molecule has 0 atom stereocenters. The number of imidazole rings is 1. The smallest absolute Gasteiger partial charge is 0.202 e. The monoisotopic (exact) mass is 441 g/mol. The highest BCUT2D eigenvalue weighted by Gasteiger charge is 2.18. The number of aromatic amines is 1. The second-order valence-electron chi connectivity index (χ2n) is 7.65. The Morgan fingerprint density at radius 1 is 0.969 bits per heavy atom. The number of nitrogens with one attached hydrogen (secondary N) is 1. The van der Waals surface area contributed by atoms with Gasteiger partial charge in [0.25, 0.3) is 0 Å². The number of hydrogen-bond donors (Lipinski definition) is 1. The fourth-order valence-electron chi connectivity index (χ4n) is 3.82. The molecule has 2 heterocycles. The van der Waals surface area contributed by atoms with Gasteiger partial charge >= 0.3 is 0 Å². The average molecular weight is 442 g/mol. The number of H-pyrrole nitrogens is 1. The molecule has 0 fully saturated rings. The third-order valence-electron chi connectivity index (χ3n) is 5.48. The van der Waals surface area contributed by atoms with Crippen molar-refractivity contribution in [2.45, 2.75) is 19.9 Å². The van der Waals surface area contributed by atoms with Gasteiger partial charge in [0.2, 0.25) is 4.77 Å². The van der Waals surface area contributed by atoms with Gasteiger partial charge in [0, 0.05) is 12.1 Å². The summed E-state index contributed by atoms with van der Waals surface area (Å²) in [6.07, 6.45) is 0.694. The second kappa shape index (κ2) is 8.43. The maximum atomic E-state index is 5.88. The average Bonchev–Trinajstić information content (AvgIpc) is 3.38. The Labute approximate surface area is 191 Å². The first kappa shape index (κ1) is 20.2. The lowest BCUT2D eigenvalue weighted by Crippen LogP contribution is -2.05. The molecule has 0 aliphatic carbocycles. The van der Waals surface area contributed by atoms with Gasteiger partial charge in [-0.15, -0.1) is 0 Å². The summed E-state index contributed by atoms with van der Waals surface area (Å²) in [6.45, 7) is 2.68. The van der Waals surface area contributed by atoms with Crippen LogP contribution < -0.4 is 4.74 Å². The minimum atomic E-state index is 0.611. The Kier molecular flexibility index (Phi) is 5.33. The van der Waals surface area contributed by atoms with Crippen molar-refractivity contribution in [2.24, 2.45) is 0 Å². The second-order valence-corrected chi connectivity index (χ2v) is 8.02. The van der Waals surface area contributed by atoms with Gasteiger partial charge in [0.15, 0.2) is 5.82 Å². The summed E-state index contributed by atoms with van der Waals surface area (Å²) in [5.74, 6) is 2.42. The zero-order valence-corrected chi connectivity index (χ0v) is 18.8. The van der Waals surface area contributed by atoms with Crippen LogP contribution in [-0.2, 0) is 13.0 Å². The molecule has 0 saturated carbocycles. The van der Waals surface area contributed by atoms with Gasteiger partial charge in [-0.3, -0.25) is 4.57 Å². The van der Waals surface area contributed by atoms with Crippen molar-refractivity contribution in [1.29, 1.82) is 0 Å². The summed E-state index contributed by atoms with van der Waals surface area (Å²) in [4.78, 5) is 8.06. The lowest BCUT2D eigenvalue weighted by atomic mass is 10.1. The third-order valence-corrected chi connectivity index (χ3v) is 5.87. The Bertz CT molecular complexity index is 1410. The van der Waals surface area contributed by atoms with E-state index in [2.05, 4.69) is 41.2 Å². The molecule has 7 heteroatoms. The summed E-state index contributed by atoms with van der Waals surface area (Å²) in [5, 5.41) is 4.91. The highest BCUT2D eigenvalue weighted by atomic mass is 32.1. The zero-order valence-electron chi connectivity index (χ0n) is 17.9. The number of fused-ring (bicyclic) bond motifs is 1. The van der Waals surface area contributed by atoms with Crippen LogP contribution in [0.5, 0.6) is 5.75 Å². The van der Waals surface area contributed by atoms with Crippen LogP contribution in [0.2, 0.25) is 0 Å². The van der Waals surface area contributed by atoms with Gasteiger partial charge in [-0.1, -0.05) is 42.0 Å². The molecule has 6 nitrogen and oxygen atoms in total. The topological polar surface area (TPSA) is 60.7 Å². The number of aromatic nitrogens is 5. The van der Waals surface area contributed by atoms with Crippen LogP contribution in [-0.4, -0.2) is 31.4 Å². The molecule has 0 unspecified atom stereocenters. The van der Waals surface area contributed by atoms with Crippen LogP contribution in [0.1, 0.15) is 11.4 Å². The molecule has 3 aromatic carbocycles. The Morgan fingerprint density at radius 2 is 1.72 bits per heavy atom. The molecule has 160 valence electrons. The van der Waals surface area contributed by atoms with E-state index in [-0.39, 0.29) is 0 Å². The van der Waals surface area contributed by atoms with Crippen molar-refractivity contribution < 1.29 is 4.74 Å². The van der Waals surface area contributed by atoms with Crippen molar-refractivity contribution in [3.05, 3.63) is 89.0 Å². The molecule has 0 amide bonds. The van der Waals surface area contributed by atoms with E-state index in [0.717, 1.165) is 39.7 Å². The minimum Gasteiger partial charge on any atom is -0.496 e. The first-order chi connectivity index (χ1) is 15.6. The molecule has 0 bridgehead atoms. The number of aryl methyl sites for hydroxylation is 3. The van der Waals surface area contributed by atoms with Gasteiger partial charge in [-0.05, 0) is 55.5 Å². The van der Waals surface area contributed by atoms with Crippen molar-refractivity contribution in [1.82, 2.24) is 24.3 Å². The van der Waals surface area contributed by atoms with E-state index in [1.165, 1.54) is 5.56 Å². The van der Waals surface area contributed by atoms with Gasteiger partial charge in [0.05, 0.1) is 30.3 Å². The number of ether oxygens (including phenoxy) is 1. The first-order valence-electron chi connectivity index (χ1n) is 10.5. The maximum Gasteiger partial charge on any atom is 0.202 e. The number of hydrogen-bond acceptors (Lipinski definition) is 4. The van der Waals surface area contributed by atoms with E-state index in [1.807, 2.05) is 57.8 Å². The van der Waals surface area contributed by atoms with E-state index >= 15 is 0 Å². The molecule has 5 rings (SSSR count). The van der Waals surface area contributed by atoms with Crippen LogP contribution in [0.25, 0.3) is 28.1 Å². The standard InChI is InChI=1S/C25H23N5OS/c1-17-11-13-18(14-12-17)30-24(19-7-3-6-10-22(19)31-2)28-29(25(30)32)16-15-23-26-20-8-4-5-9-21(20)27-23/h3-14H,15-16H2,1-2H3,(H,26,27). The third kappa shape index (κ3) is 3.71. The number of para-hydroxylation sites is 3. The largest absolute Gasteiger partial charge is 0.496 e. The van der Waals surface area contributed by atoms with Gasteiger partial charge in [0.1, 0.15) is 11.6 Å². The zero-order chi connectivity index (χ0) is 22.1. The molecule has 2 aromatic heterocycles. The van der Waals surface area contributed by atoms with Gasteiger partial charge in [-0.25, -0.2) is 9.67 Å². The highest BCUT2D eigenvalue weighted by molar-refractivity contribution is 7.71. The summed E-state index contributed by atoms with van der Waals surface area (Å²) < 4.78 is 10.1. The number of methoxy groups -OCH3 is 1. The van der Waals surface area contributed by atoms with Gasteiger partial charge < -0.3 is 9.72 Å². The van der Waals surface area contributed by atoms with Crippen molar-refractivity contribution >= 4 is 23.3 Å². The maximum absolute atomic E-state index is 5.88. The summed E-state index contributed by atoms with van der Waals surface area (Å²) in [5.41, 5.74) is 5.05. The number of benzene rings is 3. The predicted molar refractivity (Wildman–Crippen MR) is 129 cm³/mol. The molecule has 0 spiro atoms. The quantitative estimate of drug-likeness (QED) is 0.353. The van der Waals surface area contributed by atoms with E-state index < -0.39 is 0 Å². The summed E-state index contributed by atoms with van der Waals surface area (Å²) in [7, 11) is 1.67. The van der Waals surface area contributed by atoms with Crippen LogP contribution in [0.4, 0.5) is 0 Å². The fourth-order valence-corrected chi connectivity index (χ4v) is 4.14.